The van der Waals surface area contributed by atoms with Crippen molar-refractivity contribution in [2.24, 2.45) is 0 Å². The summed E-state index contributed by atoms with van der Waals surface area (Å²) >= 11 is 0. The van der Waals surface area contributed by atoms with Crippen LogP contribution in [-0.2, 0) is 35.4 Å². The molecule has 226 valence electrons. The van der Waals surface area contributed by atoms with E-state index in [9.17, 15) is 38.0 Å². The van der Waals surface area contributed by atoms with Crippen molar-refractivity contribution in [1.29, 1.82) is 0 Å². The molecule has 2 aliphatic rings. The Morgan fingerprint density at radius 2 is 1.77 bits per heavy atom. The van der Waals surface area contributed by atoms with Crippen molar-refractivity contribution in [3.63, 3.8) is 0 Å². The van der Waals surface area contributed by atoms with Gasteiger partial charge in [-0.05, 0) is 56.0 Å². The Balaban J connectivity index is 1.94. The highest BCUT2D eigenvalue weighted by molar-refractivity contribution is 7.93. The number of aliphatic hydroxyl groups is 4. The van der Waals surface area contributed by atoms with Crippen LogP contribution in [0.4, 0.5) is 10.1 Å². The van der Waals surface area contributed by atoms with E-state index in [0.29, 0.717) is 12.0 Å². The van der Waals surface area contributed by atoms with Crippen molar-refractivity contribution in [1.82, 2.24) is 0 Å². The fourth-order valence-electron chi connectivity index (χ4n) is 5.06. The maximum Gasteiger partial charge on any atom is 0.335 e. The minimum absolute atomic E-state index is 0.0390. The summed E-state index contributed by atoms with van der Waals surface area (Å²) in [5, 5.41) is 38.0. The van der Waals surface area contributed by atoms with Gasteiger partial charge in [0.15, 0.2) is 5.79 Å². The summed E-state index contributed by atoms with van der Waals surface area (Å²) in [5.41, 5.74) is 0.438. The number of benzene rings is 1. The van der Waals surface area contributed by atoms with Crippen LogP contribution in [0.3, 0.4) is 0 Å². The maximum absolute atomic E-state index is 14.0. The lowest BCUT2D eigenvalue weighted by Crippen LogP contribution is -2.45. The van der Waals surface area contributed by atoms with Crippen LogP contribution in [0, 0.1) is 5.82 Å². The molecule has 1 aromatic carbocycles. The van der Waals surface area contributed by atoms with Gasteiger partial charge in [-0.25, -0.2) is 17.6 Å². The molecule has 1 heterocycles. The lowest BCUT2D eigenvalue weighted by Gasteiger charge is -2.34. The van der Waals surface area contributed by atoms with Crippen LogP contribution in [0.2, 0.25) is 0 Å². The van der Waals surface area contributed by atoms with Crippen molar-refractivity contribution < 1.29 is 52.2 Å². The van der Waals surface area contributed by atoms with Crippen molar-refractivity contribution in [2.45, 2.75) is 94.2 Å². The van der Waals surface area contributed by atoms with Gasteiger partial charge < -0.3 is 34.6 Å². The Bertz CT molecular complexity index is 1130. The summed E-state index contributed by atoms with van der Waals surface area (Å²) in [5.74, 6) is -3.14. The molecule has 5 atom stereocenters. The largest absolute Gasteiger partial charge is 0.463 e. The molecule has 1 spiro atoms. The zero-order chi connectivity index (χ0) is 29.5. The number of esters is 1. The lowest BCUT2D eigenvalue weighted by atomic mass is 9.94. The summed E-state index contributed by atoms with van der Waals surface area (Å²) in [6.07, 6.45) is -0.462. The third kappa shape index (κ3) is 7.58. The number of rotatable bonds is 14. The second-order valence-electron chi connectivity index (χ2n) is 10.1. The average Bonchev–Trinajstić information content (AvgIpc) is 3.30. The van der Waals surface area contributed by atoms with Crippen LogP contribution < -0.4 is 4.72 Å². The molecular formula is C27H40FNO10S. The molecule has 40 heavy (non-hydrogen) atoms. The highest BCUT2D eigenvalue weighted by Gasteiger charge is 2.55. The molecule has 0 saturated carbocycles. The number of hydrogen-bond acceptors (Lipinski definition) is 10. The van der Waals surface area contributed by atoms with Gasteiger partial charge in [-0.1, -0.05) is 26.2 Å². The van der Waals surface area contributed by atoms with Crippen LogP contribution in [0.15, 0.2) is 29.8 Å². The molecule has 0 bridgehead atoms. The molecule has 0 aromatic heterocycles. The SMILES string of the molecule is CCCCCCc1cc(F)ccc1NS(=O)(=O)C1CCC2(C=C1C(=O)OCC)OC(C(O)CO)C(C(O)CO)O2. The van der Waals surface area contributed by atoms with E-state index >= 15 is 0 Å². The number of nitrogens with one attached hydrogen (secondary N) is 1. The van der Waals surface area contributed by atoms with Crippen molar-refractivity contribution in [3.05, 3.63) is 41.2 Å². The van der Waals surface area contributed by atoms with Crippen molar-refractivity contribution >= 4 is 21.7 Å². The molecule has 3 rings (SSSR count). The first-order valence-corrected chi connectivity index (χ1v) is 15.2. The Labute approximate surface area is 234 Å². The Kier molecular flexibility index (Phi) is 11.5. The number of aryl methyl sites for hydroxylation is 1. The number of unbranched alkanes of at least 4 members (excludes halogenated alkanes) is 3. The topological polar surface area (TPSA) is 172 Å². The van der Waals surface area contributed by atoms with Gasteiger partial charge in [0.05, 0.1) is 31.1 Å². The number of halogens is 1. The molecule has 1 fully saturated rings. The minimum Gasteiger partial charge on any atom is -0.463 e. The predicted octanol–water partition coefficient (Wildman–Crippen LogP) is 1.53. The van der Waals surface area contributed by atoms with E-state index in [0.717, 1.165) is 37.8 Å². The molecule has 11 nitrogen and oxygen atoms in total. The summed E-state index contributed by atoms with van der Waals surface area (Å²) < 4.78 is 60.7. The first-order valence-electron chi connectivity index (χ1n) is 13.6. The maximum atomic E-state index is 14.0. The van der Waals surface area contributed by atoms with Crippen LogP contribution in [0.5, 0.6) is 0 Å². The number of anilines is 1. The van der Waals surface area contributed by atoms with Gasteiger partial charge in [-0.15, -0.1) is 0 Å². The van der Waals surface area contributed by atoms with E-state index in [1.807, 2.05) is 0 Å². The minimum atomic E-state index is -4.27. The van der Waals surface area contributed by atoms with E-state index in [1.165, 1.54) is 12.1 Å². The van der Waals surface area contributed by atoms with Crippen LogP contribution in [0.25, 0.3) is 0 Å². The number of aliphatic hydroxyl groups excluding tert-OH is 4. The highest BCUT2D eigenvalue weighted by Crippen LogP contribution is 2.43. The standard InChI is InChI=1S/C27H40FNO10S/c1-3-5-6-7-8-17-13-18(28)9-10-20(17)29-40(35,36)23-11-12-27(14-19(23)26(34)37-4-2)38-24(21(32)15-30)25(39-27)22(33)16-31/h9-10,13-14,21-25,29-33H,3-8,11-12,15-16H2,1-2H3. The Hall–Kier alpha value is -2.13. The molecule has 0 radical (unpaired) electrons. The third-order valence-corrected chi connectivity index (χ3v) is 8.85. The number of carbonyl (C=O) groups excluding carboxylic acids is 1. The molecule has 1 aromatic rings. The van der Waals surface area contributed by atoms with Crippen LogP contribution in [0.1, 0.15) is 57.9 Å². The summed E-state index contributed by atoms with van der Waals surface area (Å²) in [7, 11) is -4.27. The van der Waals surface area contributed by atoms with Crippen molar-refractivity contribution in [2.75, 3.05) is 24.5 Å². The Morgan fingerprint density at radius 3 is 2.35 bits per heavy atom. The quantitative estimate of drug-likeness (QED) is 0.158. The molecular weight excluding hydrogens is 549 g/mol. The third-order valence-electron chi connectivity index (χ3n) is 7.11. The number of ether oxygens (including phenoxy) is 3. The van der Waals surface area contributed by atoms with Gasteiger partial charge >= 0.3 is 5.97 Å². The first kappa shape index (κ1) is 32.4. The van der Waals surface area contributed by atoms with Crippen LogP contribution >= 0.6 is 0 Å². The van der Waals surface area contributed by atoms with Gasteiger partial charge in [-0.3, -0.25) is 4.72 Å². The summed E-state index contributed by atoms with van der Waals surface area (Å²) in [6, 6.07) is 3.80. The molecule has 1 aliphatic carbocycles. The normalized spacial score (nSPS) is 26.4. The molecule has 1 aliphatic heterocycles. The van der Waals surface area contributed by atoms with E-state index in [-0.39, 0.29) is 30.7 Å². The first-order chi connectivity index (χ1) is 19.0. The molecule has 0 amide bonds. The lowest BCUT2D eigenvalue weighted by molar-refractivity contribution is -0.164. The molecule has 5 unspecified atom stereocenters. The van der Waals surface area contributed by atoms with Crippen LogP contribution in [-0.4, -0.2) is 90.1 Å². The monoisotopic (exact) mass is 589 g/mol. The van der Waals surface area contributed by atoms with E-state index in [4.69, 9.17) is 14.2 Å². The molecule has 5 N–H and O–H groups in total. The zero-order valence-electron chi connectivity index (χ0n) is 22.8. The second kappa shape index (κ2) is 14.2. The Morgan fingerprint density at radius 1 is 1.12 bits per heavy atom. The number of carbonyl (C=O) groups is 1. The average molecular weight is 590 g/mol. The number of sulfonamides is 1. The summed E-state index contributed by atoms with van der Waals surface area (Å²) in [4.78, 5) is 13.0. The second-order valence-corrected chi connectivity index (χ2v) is 11.9. The van der Waals surface area contributed by atoms with Crippen molar-refractivity contribution in [3.8, 4) is 0 Å². The van der Waals surface area contributed by atoms with E-state index in [1.54, 1.807) is 6.92 Å². The fraction of sp³-hybridized carbons (Fsp3) is 0.667. The highest BCUT2D eigenvalue weighted by atomic mass is 32.2. The van der Waals surface area contributed by atoms with Gasteiger partial charge in [0, 0.05) is 6.42 Å². The van der Waals surface area contributed by atoms with E-state index in [2.05, 4.69) is 11.6 Å². The van der Waals surface area contributed by atoms with Gasteiger partial charge in [0.1, 0.15) is 35.5 Å². The zero-order valence-corrected chi connectivity index (χ0v) is 23.6. The number of hydrogen-bond donors (Lipinski definition) is 5. The molecule has 13 heteroatoms. The van der Waals surface area contributed by atoms with Gasteiger partial charge in [-0.2, -0.15) is 0 Å². The van der Waals surface area contributed by atoms with Gasteiger partial charge in [0.25, 0.3) is 0 Å². The smallest absolute Gasteiger partial charge is 0.335 e. The van der Waals surface area contributed by atoms with Gasteiger partial charge in [0.2, 0.25) is 10.0 Å². The summed E-state index contributed by atoms with van der Waals surface area (Å²) in [6.45, 7) is 2.13. The van der Waals surface area contributed by atoms with E-state index < -0.39 is 70.5 Å². The fourth-order valence-corrected chi connectivity index (χ4v) is 6.64. The predicted molar refractivity (Wildman–Crippen MR) is 143 cm³/mol. The molecule has 1 saturated heterocycles.